The monoisotopic (exact) mass is 294 g/mol. The van der Waals surface area contributed by atoms with Crippen molar-refractivity contribution < 1.29 is 4.74 Å². The summed E-state index contributed by atoms with van der Waals surface area (Å²) in [5.41, 5.74) is 4.72. The van der Waals surface area contributed by atoms with Crippen LogP contribution in [0.3, 0.4) is 0 Å². The summed E-state index contributed by atoms with van der Waals surface area (Å²) in [7, 11) is 0. The Bertz CT molecular complexity index is 803. The van der Waals surface area contributed by atoms with Crippen molar-refractivity contribution in [2.24, 2.45) is 0 Å². The Morgan fingerprint density at radius 3 is 3.00 bits per heavy atom. The number of imidazole rings is 2. The van der Waals surface area contributed by atoms with Gasteiger partial charge in [-0.2, -0.15) is 0 Å². The maximum absolute atomic E-state index is 5.47. The largest absolute Gasteiger partial charge is 0.372 e. The van der Waals surface area contributed by atoms with E-state index < -0.39 is 0 Å². The van der Waals surface area contributed by atoms with Crippen LogP contribution in [0.15, 0.2) is 43.1 Å². The van der Waals surface area contributed by atoms with E-state index in [9.17, 15) is 0 Å². The van der Waals surface area contributed by atoms with Gasteiger partial charge < -0.3 is 13.9 Å². The average molecular weight is 294 g/mol. The Kier molecular flexibility index (Phi) is 3.27. The summed E-state index contributed by atoms with van der Waals surface area (Å²) < 4.78 is 9.68. The van der Waals surface area contributed by atoms with Gasteiger partial charge in [-0.15, -0.1) is 0 Å². The first kappa shape index (κ1) is 13.3. The molecule has 112 valence electrons. The molecule has 0 N–H and O–H groups in total. The van der Waals surface area contributed by atoms with E-state index in [4.69, 9.17) is 4.74 Å². The summed E-state index contributed by atoms with van der Waals surface area (Å²) in [5.74, 6) is 1.09. The molecular weight excluding hydrogens is 276 g/mol. The zero-order valence-corrected chi connectivity index (χ0v) is 12.6. The molecule has 3 heterocycles. The smallest absolute Gasteiger partial charge is 0.108 e. The molecule has 0 aliphatic carbocycles. The van der Waals surface area contributed by atoms with E-state index >= 15 is 0 Å². The lowest BCUT2D eigenvalue weighted by Crippen LogP contribution is -2.03. The van der Waals surface area contributed by atoms with Crippen LogP contribution in [0.25, 0.3) is 5.69 Å². The number of nitrogens with zero attached hydrogens (tertiary/aromatic N) is 4. The predicted octanol–water partition coefficient (Wildman–Crippen LogP) is 2.71. The molecular formula is C17H18N4O. The Hall–Kier alpha value is -2.40. The number of aromatic nitrogens is 4. The Morgan fingerprint density at radius 1 is 1.18 bits per heavy atom. The van der Waals surface area contributed by atoms with Gasteiger partial charge >= 0.3 is 0 Å². The van der Waals surface area contributed by atoms with Crippen LogP contribution in [-0.2, 0) is 30.9 Å². The van der Waals surface area contributed by atoms with E-state index in [2.05, 4.69) is 50.4 Å². The van der Waals surface area contributed by atoms with E-state index in [1.54, 1.807) is 0 Å². The normalized spacial score (nSPS) is 13.5. The highest BCUT2D eigenvalue weighted by molar-refractivity contribution is 5.41. The van der Waals surface area contributed by atoms with Gasteiger partial charge in [0.05, 0.1) is 31.8 Å². The molecule has 1 aliphatic rings. The number of ether oxygens (including phenoxy) is 1. The molecule has 1 aromatic carbocycles. The molecule has 2 aromatic heterocycles. The van der Waals surface area contributed by atoms with E-state index in [1.165, 1.54) is 11.1 Å². The van der Waals surface area contributed by atoms with Crippen LogP contribution in [0.1, 0.15) is 29.6 Å². The van der Waals surface area contributed by atoms with Crippen molar-refractivity contribution in [1.29, 1.82) is 0 Å². The fourth-order valence-corrected chi connectivity index (χ4v) is 2.88. The van der Waals surface area contributed by atoms with Gasteiger partial charge in [-0.1, -0.05) is 13.0 Å². The van der Waals surface area contributed by atoms with Gasteiger partial charge in [0.15, 0.2) is 0 Å². The second-order valence-corrected chi connectivity index (χ2v) is 5.54. The maximum Gasteiger partial charge on any atom is 0.108 e. The van der Waals surface area contributed by atoms with Crippen LogP contribution in [0.5, 0.6) is 0 Å². The molecule has 0 spiro atoms. The summed E-state index contributed by atoms with van der Waals surface area (Å²) in [6.45, 7) is 4.30. The molecule has 5 nitrogen and oxygen atoms in total. The highest BCUT2D eigenvalue weighted by Crippen LogP contribution is 2.22. The quantitative estimate of drug-likeness (QED) is 0.743. The second-order valence-electron chi connectivity index (χ2n) is 5.54. The molecule has 0 radical (unpaired) electrons. The third-order valence-electron chi connectivity index (χ3n) is 4.09. The molecule has 0 unspecified atom stereocenters. The summed E-state index contributed by atoms with van der Waals surface area (Å²) in [5, 5.41) is 0. The molecule has 0 atom stereocenters. The van der Waals surface area contributed by atoms with Crippen molar-refractivity contribution >= 4 is 0 Å². The lowest BCUT2D eigenvalue weighted by molar-refractivity contribution is 0.134. The minimum absolute atomic E-state index is 0.708. The van der Waals surface area contributed by atoms with Crippen molar-refractivity contribution in [3.05, 3.63) is 65.8 Å². The minimum atomic E-state index is 0.708. The molecule has 0 bridgehead atoms. The van der Waals surface area contributed by atoms with E-state index in [0.29, 0.717) is 6.61 Å². The number of fused-ring (bicyclic) bond motifs is 1. The number of hydrogen-bond acceptors (Lipinski definition) is 3. The van der Waals surface area contributed by atoms with Crippen LogP contribution in [0, 0.1) is 0 Å². The molecule has 0 saturated carbocycles. The van der Waals surface area contributed by atoms with E-state index in [1.807, 2.05) is 18.7 Å². The first-order valence-corrected chi connectivity index (χ1v) is 7.56. The van der Waals surface area contributed by atoms with Gasteiger partial charge in [0.25, 0.3) is 0 Å². The van der Waals surface area contributed by atoms with Crippen molar-refractivity contribution in [3.63, 3.8) is 0 Å². The molecule has 0 amide bonds. The number of benzene rings is 1. The molecule has 4 rings (SSSR count). The predicted molar refractivity (Wildman–Crippen MR) is 82.8 cm³/mol. The van der Waals surface area contributed by atoms with Gasteiger partial charge in [-0.05, 0) is 23.3 Å². The Morgan fingerprint density at radius 2 is 2.09 bits per heavy atom. The fourth-order valence-electron chi connectivity index (χ4n) is 2.88. The zero-order valence-electron chi connectivity index (χ0n) is 12.6. The van der Waals surface area contributed by atoms with Gasteiger partial charge in [0.2, 0.25) is 0 Å². The third kappa shape index (κ3) is 2.33. The summed E-state index contributed by atoms with van der Waals surface area (Å²) in [6.07, 6.45) is 8.73. The van der Waals surface area contributed by atoms with E-state index in [0.717, 1.165) is 36.8 Å². The SMILES string of the molecule is CCc1nccn1Cc1cn(-c2ccc3c(c2)COC3)cn1. The van der Waals surface area contributed by atoms with Crippen LogP contribution in [-0.4, -0.2) is 19.1 Å². The zero-order chi connectivity index (χ0) is 14.9. The van der Waals surface area contributed by atoms with Crippen molar-refractivity contribution in [2.75, 3.05) is 0 Å². The highest BCUT2D eigenvalue weighted by atomic mass is 16.5. The van der Waals surface area contributed by atoms with Crippen molar-refractivity contribution in [2.45, 2.75) is 33.1 Å². The van der Waals surface area contributed by atoms with Gasteiger partial charge in [-0.3, -0.25) is 0 Å². The number of aryl methyl sites for hydroxylation is 1. The topological polar surface area (TPSA) is 44.9 Å². The van der Waals surface area contributed by atoms with Crippen molar-refractivity contribution in [3.8, 4) is 5.69 Å². The molecule has 3 aromatic rings. The number of hydrogen-bond donors (Lipinski definition) is 0. The van der Waals surface area contributed by atoms with Crippen molar-refractivity contribution in [1.82, 2.24) is 19.1 Å². The summed E-state index contributed by atoms with van der Waals surface area (Å²) >= 11 is 0. The van der Waals surface area contributed by atoms with Crippen LogP contribution in [0.4, 0.5) is 0 Å². The van der Waals surface area contributed by atoms with Crippen LogP contribution in [0.2, 0.25) is 0 Å². The maximum atomic E-state index is 5.47. The fraction of sp³-hybridized carbons (Fsp3) is 0.294. The third-order valence-corrected chi connectivity index (χ3v) is 4.09. The van der Waals surface area contributed by atoms with Gasteiger partial charge in [0, 0.05) is 30.7 Å². The lowest BCUT2D eigenvalue weighted by atomic mass is 10.1. The lowest BCUT2D eigenvalue weighted by Gasteiger charge is -2.05. The second kappa shape index (κ2) is 5.42. The van der Waals surface area contributed by atoms with Gasteiger partial charge in [0.1, 0.15) is 5.82 Å². The first-order valence-electron chi connectivity index (χ1n) is 7.56. The first-order chi connectivity index (χ1) is 10.8. The Balaban J connectivity index is 1.59. The Labute approximate surface area is 129 Å². The van der Waals surface area contributed by atoms with E-state index in [-0.39, 0.29) is 0 Å². The molecule has 5 heteroatoms. The average Bonchev–Trinajstić information content (AvgIpc) is 3.27. The molecule has 0 fully saturated rings. The molecule has 1 aliphatic heterocycles. The minimum Gasteiger partial charge on any atom is -0.372 e. The summed E-state index contributed by atoms with van der Waals surface area (Å²) in [6, 6.07) is 6.44. The van der Waals surface area contributed by atoms with Crippen LogP contribution >= 0.6 is 0 Å². The highest BCUT2D eigenvalue weighted by Gasteiger charge is 2.12. The summed E-state index contributed by atoms with van der Waals surface area (Å²) in [4.78, 5) is 8.87. The van der Waals surface area contributed by atoms with Gasteiger partial charge in [-0.25, -0.2) is 9.97 Å². The molecule has 22 heavy (non-hydrogen) atoms. The van der Waals surface area contributed by atoms with Crippen LogP contribution < -0.4 is 0 Å². The molecule has 0 saturated heterocycles. The standard InChI is InChI=1S/C17H18N4O/c1-2-17-18-5-6-20(17)8-15-9-21(12-19-15)16-4-3-13-10-22-11-14(13)7-16/h3-7,9,12H,2,8,10-11H2,1H3. The number of rotatable bonds is 4.